The first-order valence-electron chi connectivity index (χ1n) is 10.2. The summed E-state index contributed by atoms with van der Waals surface area (Å²) in [7, 11) is 0. The summed E-state index contributed by atoms with van der Waals surface area (Å²) in [4.78, 5) is 8.53. The fraction of sp³-hybridized carbons (Fsp3) is 0.0385. The summed E-state index contributed by atoms with van der Waals surface area (Å²) in [6.07, 6.45) is 9.80. The fourth-order valence-electron chi connectivity index (χ4n) is 4.73. The van der Waals surface area contributed by atoms with E-state index in [1.807, 2.05) is 6.07 Å². The summed E-state index contributed by atoms with van der Waals surface area (Å²) in [6, 6.07) is 23.4. The second kappa shape index (κ2) is 5.74. The number of aromatic amines is 1. The zero-order valence-corrected chi connectivity index (χ0v) is 16.2. The lowest BCUT2D eigenvalue weighted by Gasteiger charge is -2.07. The summed E-state index contributed by atoms with van der Waals surface area (Å²) in [6.45, 7) is 0. The molecule has 4 heteroatoms. The zero-order valence-electron chi connectivity index (χ0n) is 16.2. The molecule has 0 bridgehead atoms. The second-order valence-corrected chi connectivity index (χ2v) is 7.78. The monoisotopic (exact) mass is 386 g/mol. The van der Waals surface area contributed by atoms with Gasteiger partial charge in [-0.15, -0.1) is 0 Å². The number of hydrogen-bond acceptors (Lipinski definition) is 1. The highest BCUT2D eigenvalue weighted by Gasteiger charge is 2.20. The molecule has 0 amide bonds. The first-order valence-corrected chi connectivity index (χ1v) is 10.2. The highest BCUT2D eigenvalue weighted by molar-refractivity contribution is 6.07. The summed E-state index contributed by atoms with van der Waals surface area (Å²) in [5, 5.41) is 2.47. The van der Waals surface area contributed by atoms with Crippen molar-refractivity contribution in [2.75, 3.05) is 0 Å². The summed E-state index contributed by atoms with van der Waals surface area (Å²) in [5.74, 6) is 0.941. The Labute approximate surface area is 172 Å². The Morgan fingerprint density at radius 2 is 1.57 bits per heavy atom. The Morgan fingerprint density at radius 1 is 0.767 bits per heavy atom. The van der Waals surface area contributed by atoms with Crippen LogP contribution in [0.5, 0.6) is 0 Å². The molecule has 0 saturated heterocycles. The van der Waals surface area contributed by atoms with Gasteiger partial charge in [0.2, 0.25) is 5.78 Å². The molecule has 6 aromatic rings. The van der Waals surface area contributed by atoms with Crippen molar-refractivity contribution in [2.24, 2.45) is 0 Å². The fourth-order valence-corrected chi connectivity index (χ4v) is 4.73. The Kier molecular flexibility index (Phi) is 3.03. The number of hydrogen-bond donors (Lipinski definition) is 1. The number of nitrogens with zero attached hydrogens (tertiary/aromatic N) is 3. The van der Waals surface area contributed by atoms with E-state index in [9.17, 15) is 0 Å². The van der Waals surface area contributed by atoms with Crippen LogP contribution in [0.1, 0.15) is 17.8 Å². The number of benzene rings is 3. The minimum Gasteiger partial charge on any atom is -0.355 e. The molecule has 3 aromatic carbocycles. The van der Waals surface area contributed by atoms with Gasteiger partial charge in [0.25, 0.3) is 0 Å². The van der Waals surface area contributed by atoms with Gasteiger partial charge in [0.1, 0.15) is 0 Å². The van der Waals surface area contributed by atoms with Crippen LogP contribution >= 0.6 is 0 Å². The standard InChI is InChI=1S/C26H18N4/c1-2-12-24-25(13-3-1)30-23-11-7-6-10-22(23)28-26(30)29(24)17-14-15-21-19(16-17)18-8-4-5-9-20(18)27-21/h2-16,27H,1H2. The van der Waals surface area contributed by atoms with Gasteiger partial charge in [-0.1, -0.05) is 42.5 Å². The van der Waals surface area contributed by atoms with Gasteiger partial charge >= 0.3 is 0 Å². The van der Waals surface area contributed by atoms with Crippen LogP contribution in [0.4, 0.5) is 0 Å². The molecule has 3 aromatic heterocycles. The van der Waals surface area contributed by atoms with Gasteiger partial charge in [0.05, 0.1) is 22.4 Å². The van der Waals surface area contributed by atoms with Crippen molar-refractivity contribution in [2.45, 2.75) is 6.42 Å². The average Bonchev–Trinajstić information content (AvgIpc) is 3.36. The largest absolute Gasteiger partial charge is 0.355 e. The number of nitrogens with one attached hydrogen (secondary N) is 1. The number of imidazole rings is 2. The van der Waals surface area contributed by atoms with Crippen LogP contribution in [0.2, 0.25) is 0 Å². The average molecular weight is 386 g/mol. The SMILES string of the molecule is C1=Cc2c(n3c4ccccc4nc3n2-c2ccc3[nH]c4ccccc4c3c2)C=CC1. The number of allylic oxidation sites excluding steroid dienone is 2. The van der Waals surface area contributed by atoms with E-state index in [4.69, 9.17) is 4.98 Å². The van der Waals surface area contributed by atoms with Crippen molar-refractivity contribution in [3.8, 4) is 5.69 Å². The van der Waals surface area contributed by atoms with E-state index in [-0.39, 0.29) is 0 Å². The van der Waals surface area contributed by atoms with Crippen LogP contribution in [0, 0.1) is 0 Å². The van der Waals surface area contributed by atoms with E-state index in [1.54, 1.807) is 0 Å². The minimum atomic E-state index is 0.935. The van der Waals surface area contributed by atoms with Crippen LogP contribution in [0.25, 0.3) is 56.5 Å². The molecule has 0 aliphatic heterocycles. The Balaban J connectivity index is 1.62. The molecule has 7 rings (SSSR count). The van der Waals surface area contributed by atoms with Crippen LogP contribution < -0.4 is 0 Å². The van der Waals surface area contributed by atoms with Crippen molar-refractivity contribution in [3.05, 3.63) is 90.3 Å². The molecule has 1 aliphatic rings. The number of H-pyrrole nitrogens is 1. The van der Waals surface area contributed by atoms with Gasteiger partial charge in [0.15, 0.2) is 0 Å². The van der Waals surface area contributed by atoms with Gasteiger partial charge in [-0.2, -0.15) is 0 Å². The minimum absolute atomic E-state index is 0.935. The van der Waals surface area contributed by atoms with Gasteiger partial charge in [-0.05, 0) is 55.0 Å². The van der Waals surface area contributed by atoms with Crippen LogP contribution in [-0.2, 0) is 0 Å². The van der Waals surface area contributed by atoms with E-state index >= 15 is 0 Å². The molecule has 4 nitrogen and oxygen atoms in total. The molecule has 0 radical (unpaired) electrons. The van der Waals surface area contributed by atoms with E-state index in [0.29, 0.717) is 0 Å². The smallest absolute Gasteiger partial charge is 0.220 e. The van der Waals surface area contributed by atoms with E-state index in [0.717, 1.165) is 45.6 Å². The van der Waals surface area contributed by atoms with Gasteiger partial charge in [-0.3, -0.25) is 8.97 Å². The molecule has 0 spiro atoms. The lowest BCUT2D eigenvalue weighted by molar-refractivity contribution is 1.07. The molecule has 1 aliphatic carbocycles. The Hall–Kier alpha value is -4.05. The topological polar surface area (TPSA) is 38.0 Å². The molecule has 1 N–H and O–H groups in total. The summed E-state index contributed by atoms with van der Waals surface area (Å²) >= 11 is 0. The number of fused-ring (bicyclic) bond motifs is 8. The first-order chi connectivity index (χ1) is 14.9. The lowest BCUT2D eigenvalue weighted by atomic mass is 10.1. The Bertz CT molecular complexity index is 1670. The molecule has 3 heterocycles. The zero-order chi connectivity index (χ0) is 19.7. The van der Waals surface area contributed by atoms with Gasteiger partial charge in [-0.25, -0.2) is 4.98 Å². The van der Waals surface area contributed by atoms with E-state index in [1.165, 1.54) is 16.5 Å². The van der Waals surface area contributed by atoms with Crippen molar-refractivity contribution < 1.29 is 0 Å². The molecule has 0 saturated carbocycles. The molecular formula is C26H18N4. The van der Waals surface area contributed by atoms with Gasteiger partial charge < -0.3 is 4.98 Å². The molecule has 0 unspecified atom stereocenters. The Morgan fingerprint density at radius 3 is 2.53 bits per heavy atom. The van der Waals surface area contributed by atoms with Crippen molar-refractivity contribution in [1.82, 2.24) is 18.9 Å². The number of rotatable bonds is 1. The second-order valence-electron chi connectivity index (χ2n) is 7.78. The lowest BCUT2D eigenvalue weighted by Crippen LogP contribution is -1.98. The molecule has 142 valence electrons. The normalized spacial score (nSPS) is 13.6. The molecule has 30 heavy (non-hydrogen) atoms. The highest BCUT2D eigenvalue weighted by Crippen LogP contribution is 2.33. The molecule has 0 atom stereocenters. The molecule has 0 fully saturated rings. The maximum absolute atomic E-state index is 5.01. The van der Waals surface area contributed by atoms with Gasteiger partial charge in [0, 0.05) is 27.5 Å². The van der Waals surface area contributed by atoms with Crippen molar-refractivity contribution in [1.29, 1.82) is 0 Å². The summed E-state index contributed by atoms with van der Waals surface area (Å²) in [5.41, 5.74) is 7.92. The highest BCUT2D eigenvalue weighted by atomic mass is 15.2. The third kappa shape index (κ3) is 2.02. The quantitative estimate of drug-likeness (QED) is 0.352. The maximum atomic E-state index is 5.01. The summed E-state index contributed by atoms with van der Waals surface area (Å²) < 4.78 is 4.55. The van der Waals surface area contributed by atoms with Crippen LogP contribution in [-0.4, -0.2) is 18.9 Å². The van der Waals surface area contributed by atoms with Crippen molar-refractivity contribution in [3.63, 3.8) is 0 Å². The predicted octanol–water partition coefficient (Wildman–Crippen LogP) is 6.34. The number of aromatic nitrogens is 4. The van der Waals surface area contributed by atoms with Crippen LogP contribution in [0.3, 0.4) is 0 Å². The maximum Gasteiger partial charge on any atom is 0.220 e. The van der Waals surface area contributed by atoms with Crippen LogP contribution in [0.15, 0.2) is 78.9 Å². The van der Waals surface area contributed by atoms with Crippen molar-refractivity contribution >= 4 is 50.8 Å². The number of para-hydroxylation sites is 3. The van der Waals surface area contributed by atoms with E-state index < -0.39 is 0 Å². The van der Waals surface area contributed by atoms with E-state index in [2.05, 4.69) is 98.9 Å². The third-order valence-electron chi connectivity index (χ3n) is 6.06. The third-order valence-corrected chi connectivity index (χ3v) is 6.06. The molecular weight excluding hydrogens is 368 g/mol. The predicted molar refractivity (Wildman–Crippen MR) is 124 cm³/mol. The first kappa shape index (κ1) is 15.8.